The monoisotopic (exact) mass is 425 g/mol. The Labute approximate surface area is 183 Å². The van der Waals surface area contributed by atoms with Gasteiger partial charge in [-0.25, -0.2) is 0 Å². The third-order valence-electron chi connectivity index (χ3n) is 5.54. The van der Waals surface area contributed by atoms with Crippen molar-refractivity contribution < 1.29 is 9.72 Å². The third-order valence-corrected chi connectivity index (χ3v) is 5.54. The molecule has 1 saturated heterocycles. The zero-order chi connectivity index (χ0) is 22.1. The Balaban J connectivity index is 1.34. The Hall–Kier alpha value is -2.97. The number of anilines is 2. The Kier molecular flexibility index (Phi) is 8.37. The minimum absolute atomic E-state index is 0.0195. The van der Waals surface area contributed by atoms with Crippen LogP contribution in [-0.2, 0) is 11.3 Å². The van der Waals surface area contributed by atoms with Crippen molar-refractivity contribution in [2.45, 2.75) is 26.3 Å². The highest BCUT2D eigenvalue weighted by Crippen LogP contribution is 2.16. The first-order chi connectivity index (χ1) is 15.0. The van der Waals surface area contributed by atoms with Crippen LogP contribution < -0.4 is 10.6 Å². The highest BCUT2D eigenvalue weighted by Gasteiger charge is 2.15. The predicted molar refractivity (Wildman–Crippen MR) is 123 cm³/mol. The summed E-state index contributed by atoms with van der Waals surface area (Å²) in [6.45, 7) is 9.34. The second-order valence-electron chi connectivity index (χ2n) is 7.79. The van der Waals surface area contributed by atoms with E-state index in [2.05, 4.69) is 39.5 Å². The summed E-state index contributed by atoms with van der Waals surface area (Å²) in [6, 6.07) is 14.4. The van der Waals surface area contributed by atoms with Gasteiger partial charge in [-0.05, 0) is 42.8 Å². The molecule has 8 nitrogen and oxygen atoms in total. The second-order valence-corrected chi connectivity index (χ2v) is 7.79. The summed E-state index contributed by atoms with van der Waals surface area (Å²) in [5.74, 6) is -0.0195. The molecular weight excluding hydrogens is 394 g/mol. The van der Waals surface area contributed by atoms with E-state index in [1.165, 1.54) is 17.7 Å². The molecule has 0 spiro atoms. The van der Waals surface area contributed by atoms with Crippen LogP contribution in [-0.4, -0.2) is 59.9 Å². The smallest absolute Gasteiger partial charge is 0.269 e. The molecule has 31 heavy (non-hydrogen) atoms. The van der Waals surface area contributed by atoms with Gasteiger partial charge in [-0.15, -0.1) is 0 Å². The fourth-order valence-corrected chi connectivity index (χ4v) is 3.62. The first-order valence-electron chi connectivity index (χ1n) is 10.9. The Bertz CT molecular complexity index is 847. The molecule has 2 aromatic carbocycles. The molecule has 1 heterocycles. The first-order valence-corrected chi connectivity index (χ1v) is 10.9. The summed E-state index contributed by atoms with van der Waals surface area (Å²) in [4.78, 5) is 27.4. The summed E-state index contributed by atoms with van der Waals surface area (Å²) in [5, 5.41) is 16.8. The maximum absolute atomic E-state index is 12.2. The van der Waals surface area contributed by atoms with Gasteiger partial charge in [0, 0.05) is 69.2 Å². The van der Waals surface area contributed by atoms with Gasteiger partial charge in [0.2, 0.25) is 5.91 Å². The molecular formula is C23H31N5O3. The van der Waals surface area contributed by atoms with Gasteiger partial charge in [0.05, 0.1) is 4.92 Å². The molecule has 0 radical (unpaired) electrons. The van der Waals surface area contributed by atoms with Crippen molar-refractivity contribution in [2.75, 3.05) is 49.9 Å². The number of hydrogen-bond donors (Lipinski definition) is 2. The number of nitrogens with one attached hydrogen (secondary N) is 2. The number of benzene rings is 2. The van der Waals surface area contributed by atoms with Crippen LogP contribution in [0.5, 0.6) is 0 Å². The van der Waals surface area contributed by atoms with Crippen molar-refractivity contribution in [3.63, 3.8) is 0 Å². The largest absolute Gasteiger partial charge is 0.385 e. The Morgan fingerprint density at radius 1 is 0.968 bits per heavy atom. The molecule has 1 fully saturated rings. The van der Waals surface area contributed by atoms with Gasteiger partial charge in [0.1, 0.15) is 0 Å². The molecule has 0 bridgehead atoms. The molecule has 1 aliphatic heterocycles. The van der Waals surface area contributed by atoms with E-state index < -0.39 is 4.92 Å². The van der Waals surface area contributed by atoms with Gasteiger partial charge in [-0.3, -0.25) is 19.8 Å². The molecule has 1 amide bonds. The van der Waals surface area contributed by atoms with E-state index in [0.29, 0.717) is 19.4 Å². The number of nitrogens with zero attached hydrogens (tertiary/aromatic N) is 3. The SMILES string of the molecule is CCN1CCN(Cc2ccc(NC(=O)CCCNc3ccc([N+](=O)[O-])cc3)cc2)CC1. The van der Waals surface area contributed by atoms with Crippen LogP contribution in [0.1, 0.15) is 25.3 Å². The molecule has 0 saturated carbocycles. The number of carbonyl (C=O) groups excluding carboxylic acids is 1. The zero-order valence-electron chi connectivity index (χ0n) is 18.0. The lowest BCUT2D eigenvalue weighted by Crippen LogP contribution is -2.45. The highest BCUT2D eigenvalue weighted by molar-refractivity contribution is 5.90. The second kappa shape index (κ2) is 11.4. The van der Waals surface area contributed by atoms with Crippen molar-refractivity contribution in [2.24, 2.45) is 0 Å². The average Bonchev–Trinajstić information content (AvgIpc) is 2.79. The fraction of sp³-hybridized carbons (Fsp3) is 0.435. The standard InChI is InChI=1S/C23H31N5O3/c1-2-26-14-16-27(17-15-26)18-19-5-7-21(8-6-19)25-23(29)4-3-13-24-20-9-11-22(12-10-20)28(30)31/h5-12,24H,2-4,13-18H2,1H3,(H,25,29). The summed E-state index contributed by atoms with van der Waals surface area (Å²) < 4.78 is 0. The van der Waals surface area contributed by atoms with Gasteiger partial charge in [0.15, 0.2) is 0 Å². The van der Waals surface area contributed by atoms with Crippen molar-refractivity contribution in [1.82, 2.24) is 9.80 Å². The van der Waals surface area contributed by atoms with Gasteiger partial charge in [0.25, 0.3) is 5.69 Å². The van der Waals surface area contributed by atoms with Crippen molar-refractivity contribution in [3.8, 4) is 0 Å². The lowest BCUT2D eigenvalue weighted by Gasteiger charge is -2.34. The van der Waals surface area contributed by atoms with Crippen molar-refractivity contribution in [1.29, 1.82) is 0 Å². The molecule has 1 aliphatic rings. The zero-order valence-corrected chi connectivity index (χ0v) is 18.0. The topological polar surface area (TPSA) is 90.8 Å². The number of amides is 1. The van der Waals surface area contributed by atoms with Gasteiger partial charge in [-0.2, -0.15) is 0 Å². The van der Waals surface area contributed by atoms with Crippen LogP contribution >= 0.6 is 0 Å². The van der Waals surface area contributed by atoms with Crippen LogP contribution in [0.3, 0.4) is 0 Å². The van der Waals surface area contributed by atoms with E-state index in [0.717, 1.165) is 50.6 Å². The van der Waals surface area contributed by atoms with E-state index in [1.54, 1.807) is 12.1 Å². The Morgan fingerprint density at radius 2 is 1.58 bits per heavy atom. The Morgan fingerprint density at radius 3 is 2.19 bits per heavy atom. The van der Waals surface area contributed by atoms with E-state index in [-0.39, 0.29) is 11.6 Å². The molecule has 0 aromatic heterocycles. The highest BCUT2D eigenvalue weighted by atomic mass is 16.6. The summed E-state index contributed by atoms with van der Waals surface area (Å²) in [5.41, 5.74) is 2.94. The van der Waals surface area contributed by atoms with Gasteiger partial charge < -0.3 is 15.5 Å². The van der Waals surface area contributed by atoms with E-state index in [4.69, 9.17) is 0 Å². The van der Waals surface area contributed by atoms with E-state index in [1.807, 2.05) is 12.1 Å². The molecule has 3 rings (SSSR count). The normalized spacial score (nSPS) is 14.9. The van der Waals surface area contributed by atoms with Crippen molar-refractivity contribution >= 4 is 23.0 Å². The number of rotatable bonds is 10. The quantitative estimate of drug-likeness (QED) is 0.344. The lowest BCUT2D eigenvalue weighted by atomic mass is 10.1. The molecule has 2 N–H and O–H groups in total. The summed E-state index contributed by atoms with van der Waals surface area (Å²) in [7, 11) is 0. The maximum Gasteiger partial charge on any atom is 0.269 e. The first kappa shape index (κ1) is 22.7. The van der Waals surface area contributed by atoms with Crippen LogP contribution in [0, 0.1) is 10.1 Å². The van der Waals surface area contributed by atoms with E-state index in [9.17, 15) is 14.9 Å². The van der Waals surface area contributed by atoms with Crippen LogP contribution in [0.2, 0.25) is 0 Å². The number of non-ortho nitro benzene ring substituents is 1. The number of carbonyl (C=O) groups is 1. The fourth-order valence-electron chi connectivity index (χ4n) is 3.62. The van der Waals surface area contributed by atoms with E-state index >= 15 is 0 Å². The predicted octanol–water partition coefficient (Wildman–Crippen LogP) is 3.56. The molecule has 0 aliphatic carbocycles. The maximum atomic E-state index is 12.2. The van der Waals surface area contributed by atoms with Gasteiger partial charge in [-0.1, -0.05) is 19.1 Å². The van der Waals surface area contributed by atoms with Crippen LogP contribution in [0.4, 0.5) is 17.1 Å². The number of likely N-dealkylation sites (N-methyl/N-ethyl adjacent to an activating group) is 1. The summed E-state index contributed by atoms with van der Waals surface area (Å²) >= 11 is 0. The number of nitro groups is 1. The number of hydrogen-bond acceptors (Lipinski definition) is 6. The van der Waals surface area contributed by atoms with Crippen molar-refractivity contribution in [3.05, 3.63) is 64.2 Å². The minimum Gasteiger partial charge on any atom is -0.385 e. The summed E-state index contributed by atoms with van der Waals surface area (Å²) in [6.07, 6.45) is 1.08. The van der Waals surface area contributed by atoms with Crippen LogP contribution in [0.15, 0.2) is 48.5 Å². The molecule has 0 unspecified atom stereocenters. The third kappa shape index (κ3) is 7.34. The lowest BCUT2D eigenvalue weighted by molar-refractivity contribution is -0.384. The minimum atomic E-state index is -0.422. The average molecular weight is 426 g/mol. The van der Waals surface area contributed by atoms with Crippen LogP contribution in [0.25, 0.3) is 0 Å². The number of piperazine rings is 1. The van der Waals surface area contributed by atoms with Gasteiger partial charge >= 0.3 is 0 Å². The molecule has 0 atom stereocenters. The molecule has 166 valence electrons. The molecule has 8 heteroatoms. The number of nitro benzene ring substituents is 1. The molecule has 2 aromatic rings.